The lowest BCUT2D eigenvalue weighted by molar-refractivity contribution is -0.0327. The Morgan fingerprint density at radius 2 is 1.95 bits per heavy atom. The van der Waals surface area contributed by atoms with Gasteiger partial charge in [-0.25, -0.2) is 0 Å². The minimum Gasteiger partial charge on any atom is -0.389 e. The van der Waals surface area contributed by atoms with Crippen molar-refractivity contribution in [3.8, 4) is 0 Å². The highest BCUT2D eigenvalue weighted by Crippen LogP contribution is 2.29. The van der Waals surface area contributed by atoms with Gasteiger partial charge in [-0.1, -0.05) is 26.1 Å². The molecular weight excluding hydrogens is 321 g/mol. The van der Waals surface area contributed by atoms with Crippen LogP contribution in [0, 0.1) is 0 Å². The molecule has 21 heavy (non-hydrogen) atoms. The van der Waals surface area contributed by atoms with Crippen molar-refractivity contribution in [2.45, 2.75) is 32.2 Å². The molecule has 0 saturated heterocycles. The van der Waals surface area contributed by atoms with Gasteiger partial charge in [0.25, 0.3) is 0 Å². The lowest BCUT2D eigenvalue weighted by Gasteiger charge is -2.15. The fraction of sp³-hybridized carbons (Fsp3) is 0.583. The van der Waals surface area contributed by atoms with Crippen molar-refractivity contribution in [3.63, 3.8) is 0 Å². The second-order valence-electron chi connectivity index (χ2n) is 4.14. The number of aryl methyl sites for hydroxylation is 1. The molecule has 118 valence electrons. The fourth-order valence-corrected chi connectivity index (χ4v) is 2.55. The van der Waals surface area contributed by atoms with Crippen LogP contribution >= 0.6 is 24.0 Å². The highest BCUT2D eigenvalue weighted by molar-refractivity contribution is 8.00. The van der Waals surface area contributed by atoms with E-state index >= 15 is 0 Å². The van der Waals surface area contributed by atoms with Crippen LogP contribution in [-0.2, 0) is 12.8 Å². The van der Waals surface area contributed by atoms with Crippen molar-refractivity contribution in [1.82, 2.24) is 10.2 Å². The van der Waals surface area contributed by atoms with Crippen molar-refractivity contribution >= 4 is 34.8 Å². The van der Waals surface area contributed by atoms with Crippen LogP contribution in [-0.4, -0.2) is 33.0 Å². The van der Waals surface area contributed by atoms with E-state index in [1.165, 1.54) is 0 Å². The first-order chi connectivity index (χ1) is 9.80. The molecule has 9 heteroatoms. The van der Waals surface area contributed by atoms with Gasteiger partial charge in [-0.2, -0.15) is 18.3 Å². The van der Waals surface area contributed by atoms with Crippen molar-refractivity contribution in [2.24, 2.45) is 5.73 Å². The third kappa shape index (κ3) is 5.31. The van der Waals surface area contributed by atoms with Gasteiger partial charge in [0, 0.05) is 12.3 Å². The number of nitrogens with two attached hydrogens (primary N) is 1. The Labute approximate surface area is 131 Å². The smallest absolute Gasteiger partial charge is 0.389 e. The maximum absolute atomic E-state index is 12.1. The molecule has 4 nitrogen and oxygen atoms in total. The second kappa shape index (κ2) is 7.79. The van der Waals surface area contributed by atoms with Crippen LogP contribution in [0.4, 0.5) is 19.0 Å². The van der Waals surface area contributed by atoms with Crippen molar-refractivity contribution < 1.29 is 13.2 Å². The third-order valence-corrected chi connectivity index (χ3v) is 3.69. The molecule has 0 aliphatic heterocycles. The summed E-state index contributed by atoms with van der Waals surface area (Å²) in [5, 5.41) is 10.9. The van der Waals surface area contributed by atoms with E-state index < -0.39 is 5.51 Å². The largest absolute Gasteiger partial charge is 0.441 e. The quantitative estimate of drug-likeness (QED) is 0.589. The van der Waals surface area contributed by atoms with Gasteiger partial charge in [-0.3, -0.25) is 0 Å². The molecule has 0 unspecified atom stereocenters. The maximum Gasteiger partial charge on any atom is 0.441 e. The van der Waals surface area contributed by atoms with Crippen LogP contribution in [0.2, 0.25) is 0 Å². The second-order valence-corrected chi connectivity index (χ2v) is 5.74. The monoisotopic (exact) mass is 338 g/mol. The number of thiocarbonyl (C=S) groups is 1. The molecule has 1 rings (SSSR count). The molecular formula is C12H17F3N4S2. The standard InChI is InChI=1S/C12H17F3N4S2/c1-3-7-8(4-2)18-19-11(9(7)10(16)20)17-5-6-21-12(13,14)15/h3-6H2,1-2H3,(H2,16,20)(H,17,19). The first-order valence-corrected chi connectivity index (χ1v) is 7.82. The third-order valence-electron chi connectivity index (χ3n) is 2.75. The molecule has 1 heterocycles. The molecule has 1 aromatic rings. The summed E-state index contributed by atoms with van der Waals surface area (Å²) in [7, 11) is 0. The Morgan fingerprint density at radius 3 is 2.43 bits per heavy atom. The molecule has 0 aromatic carbocycles. The summed E-state index contributed by atoms with van der Waals surface area (Å²) in [4.78, 5) is 0.169. The molecule has 1 aromatic heterocycles. The van der Waals surface area contributed by atoms with E-state index in [0.29, 0.717) is 24.2 Å². The van der Waals surface area contributed by atoms with E-state index in [1.54, 1.807) is 0 Å². The molecule has 0 radical (unpaired) electrons. The van der Waals surface area contributed by atoms with E-state index in [4.69, 9.17) is 18.0 Å². The molecule has 0 spiro atoms. The highest BCUT2D eigenvalue weighted by Gasteiger charge is 2.27. The number of alkyl halides is 3. The molecule has 0 fully saturated rings. The van der Waals surface area contributed by atoms with Gasteiger partial charge in [0.05, 0.1) is 11.3 Å². The first-order valence-electron chi connectivity index (χ1n) is 6.42. The average molecular weight is 338 g/mol. The number of halogens is 3. The van der Waals surface area contributed by atoms with Gasteiger partial charge in [0.2, 0.25) is 0 Å². The van der Waals surface area contributed by atoms with Crippen LogP contribution in [0.5, 0.6) is 0 Å². The van der Waals surface area contributed by atoms with Crippen LogP contribution in [0.3, 0.4) is 0 Å². The van der Waals surface area contributed by atoms with Crippen molar-refractivity contribution in [2.75, 3.05) is 17.6 Å². The van der Waals surface area contributed by atoms with Crippen molar-refractivity contribution in [1.29, 1.82) is 0 Å². The number of rotatable bonds is 7. The minimum atomic E-state index is -4.24. The number of nitrogens with zero attached hydrogens (tertiary/aromatic N) is 2. The Hall–Kier alpha value is -1.09. The molecule has 0 atom stereocenters. The van der Waals surface area contributed by atoms with E-state index in [0.717, 1.165) is 11.3 Å². The fourth-order valence-electron chi connectivity index (χ4n) is 1.90. The van der Waals surface area contributed by atoms with Crippen LogP contribution in [0.1, 0.15) is 30.7 Å². The average Bonchev–Trinajstić information content (AvgIpc) is 2.41. The predicted octanol–water partition coefficient (Wildman–Crippen LogP) is 2.90. The summed E-state index contributed by atoms with van der Waals surface area (Å²) in [5.74, 6) is 0.221. The summed E-state index contributed by atoms with van der Waals surface area (Å²) in [6.07, 6.45) is 1.37. The molecule has 0 amide bonds. The molecule has 0 aliphatic carbocycles. The minimum absolute atomic E-state index is 0.0901. The van der Waals surface area contributed by atoms with Crippen LogP contribution in [0.15, 0.2) is 0 Å². The SMILES string of the molecule is CCc1nnc(NCCSC(F)(F)F)c(C(N)=S)c1CC. The van der Waals surface area contributed by atoms with Gasteiger partial charge in [0.1, 0.15) is 4.99 Å². The Kier molecular flexibility index (Phi) is 6.66. The normalized spacial score (nSPS) is 11.5. The van der Waals surface area contributed by atoms with Gasteiger partial charge >= 0.3 is 5.51 Å². The number of nitrogens with one attached hydrogen (secondary N) is 1. The number of thioether (sulfide) groups is 1. The predicted molar refractivity (Wildman–Crippen MR) is 83.7 cm³/mol. The summed E-state index contributed by atoms with van der Waals surface area (Å²) in [6, 6.07) is 0. The number of aromatic nitrogens is 2. The van der Waals surface area contributed by atoms with E-state index in [1.807, 2.05) is 13.8 Å². The Morgan fingerprint density at radius 1 is 1.29 bits per heavy atom. The highest BCUT2D eigenvalue weighted by atomic mass is 32.2. The summed E-state index contributed by atoms with van der Waals surface area (Å²) in [5.41, 5.74) is 3.77. The molecule has 0 bridgehead atoms. The van der Waals surface area contributed by atoms with Gasteiger partial charge in [-0.05, 0) is 30.2 Å². The van der Waals surface area contributed by atoms with Crippen LogP contribution in [0.25, 0.3) is 0 Å². The zero-order valence-corrected chi connectivity index (χ0v) is 13.4. The van der Waals surface area contributed by atoms with Gasteiger partial charge in [0.15, 0.2) is 5.82 Å². The molecule has 3 N–H and O–H groups in total. The van der Waals surface area contributed by atoms with Gasteiger partial charge < -0.3 is 11.1 Å². The summed E-state index contributed by atoms with van der Waals surface area (Å²) >= 11 is 4.94. The van der Waals surface area contributed by atoms with E-state index in [-0.39, 0.29) is 29.0 Å². The van der Waals surface area contributed by atoms with Crippen LogP contribution < -0.4 is 11.1 Å². The maximum atomic E-state index is 12.1. The molecule has 0 saturated carbocycles. The first kappa shape index (κ1) is 18.0. The Bertz CT molecular complexity index is 506. The number of anilines is 1. The van der Waals surface area contributed by atoms with Crippen molar-refractivity contribution in [3.05, 3.63) is 16.8 Å². The van der Waals surface area contributed by atoms with E-state index in [2.05, 4.69) is 15.5 Å². The zero-order valence-electron chi connectivity index (χ0n) is 11.8. The van der Waals surface area contributed by atoms with E-state index in [9.17, 15) is 13.2 Å². The molecule has 0 aliphatic rings. The lowest BCUT2D eigenvalue weighted by Crippen LogP contribution is -2.21. The summed E-state index contributed by atoms with van der Waals surface area (Å²) in [6.45, 7) is 3.99. The van der Waals surface area contributed by atoms with Gasteiger partial charge in [-0.15, -0.1) is 5.10 Å². The topological polar surface area (TPSA) is 63.8 Å². The number of hydrogen-bond donors (Lipinski definition) is 2. The summed E-state index contributed by atoms with van der Waals surface area (Å²) < 4.78 is 36.2. The zero-order chi connectivity index (χ0) is 16.0. The Balaban J connectivity index is 2.89. The number of hydrogen-bond acceptors (Lipinski definition) is 5. The lowest BCUT2D eigenvalue weighted by atomic mass is 10.0.